The molecule has 1 saturated carbocycles. The fourth-order valence-electron chi connectivity index (χ4n) is 7.57. The van der Waals surface area contributed by atoms with Gasteiger partial charge in [0.05, 0.1) is 11.7 Å². The molecule has 3 atom stereocenters. The van der Waals surface area contributed by atoms with Crippen molar-refractivity contribution in [2.75, 3.05) is 0 Å². The molecule has 280 valence electrons. The molecule has 0 unspecified atom stereocenters. The Labute approximate surface area is 307 Å². The molecule has 55 heavy (non-hydrogen) atoms. The van der Waals surface area contributed by atoms with Crippen molar-refractivity contribution in [1.29, 1.82) is 0 Å². The van der Waals surface area contributed by atoms with Gasteiger partial charge in [-0.05, 0) is 84.2 Å². The maximum Gasteiger partial charge on any atom is 0.435 e. The van der Waals surface area contributed by atoms with Crippen molar-refractivity contribution < 1.29 is 40.3 Å². The fraction of sp³-hybridized carbons (Fsp3) is 0.256. The summed E-state index contributed by atoms with van der Waals surface area (Å²) in [5.41, 5.74) is -0.778. The summed E-state index contributed by atoms with van der Waals surface area (Å²) in [4.78, 5) is 45.2. The van der Waals surface area contributed by atoms with E-state index < -0.39 is 71.0 Å². The second-order valence-corrected chi connectivity index (χ2v) is 13.7. The molecule has 0 spiro atoms. The second kappa shape index (κ2) is 13.3. The highest BCUT2D eigenvalue weighted by atomic mass is 19.4. The first-order valence-electron chi connectivity index (χ1n) is 17.1. The second-order valence-electron chi connectivity index (χ2n) is 13.7. The average molecular weight is 761 g/mol. The topological polar surface area (TPSA) is 122 Å². The number of aromatic amines is 1. The maximum absolute atomic E-state index is 15.6. The van der Waals surface area contributed by atoms with Gasteiger partial charge in [-0.1, -0.05) is 18.1 Å². The lowest BCUT2D eigenvalue weighted by Gasteiger charge is -2.34. The largest absolute Gasteiger partial charge is 0.435 e. The van der Waals surface area contributed by atoms with Gasteiger partial charge in [0.25, 0.3) is 11.8 Å². The van der Waals surface area contributed by atoms with Gasteiger partial charge in [-0.3, -0.25) is 19.1 Å². The maximum atomic E-state index is 15.6. The van der Waals surface area contributed by atoms with E-state index >= 15 is 8.78 Å². The average Bonchev–Trinajstić information content (AvgIpc) is 3.71. The molecule has 3 aliphatic rings. The first-order valence-corrected chi connectivity index (χ1v) is 17.1. The molecule has 3 aromatic heterocycles. The Balaban J connectivity index is 1.22. The van der Waals surface area contributed by atoms with Crippen molar-refractivity contribution in [3.63, 3.8) is 0 Å². The third kappa shape index (κ3) is 6.64. The van der Waals surface area contributed by atoms with Crippen molar-refractivity contribution in [2.24, 2.45) is 5.92 Å². The monoisotopic (exact) mass is 760 g/mol. The molecule has 2 amide bonds. The van der Waals surface area contributed by atoms with E-state index in [-0.39, 0.29) is 47.7 Å². The Bertz CT molecular complexity index is 2490. The molecule has 1 fully saturated rings. The van der Waals surface area contributed by atoms with Gasteiger partial charge < -0.3 is 15.6 Å². The molecule has 0 bridgehead atoms. The van der Waals surface area contributed by atoms with Gasteiger partial charge in [0.2, 0.25) is 11.5 Å². The van der Waals surface area contributed by atoms with Crippen LogP contribution in [0.3, 0.4) is 0 Å². The number of halogens is 7. The number of pyridine rings is 2. The van der Waals surface area contributed by atoms with Crippen LogP contribution in [-0.4, -0.2) is 31.6 Å². The van der Waals surface area contributed by atoms with E-state index in [2.05, 4.69) is 32.6 Å². The number of carbonyl (C=O) groups excluding carboxylic acids is 2. The van der Waals surface area contributed by atoms with E-state index in [4.69, 9.17) is 4.98 Å². The van der Waals surface area contributed by atoms with Gasteiger partial charge in [0, 0.05) is 53.0 Å². The van der Waals surface area contributed by atoms with Crippen LogP contribution in [-0.2, 0) is 36.4 Å². The Hall–Kier alpha value is -6.24. The zero-order valence-electron chi connectivity index (χ0n) is 28.3. The number of benzene rings is 2. The highest BCUT2D eigenvalue weighted by Crippen LogP contribution is 2.64. The third-order valence-electron chi connectivity index (χ3n) is 10.2. The highest BCUT2D eigenvalue weighted by Gasteiger charge is 2.63. The van der Waals surface area contributed by atoms with Crippen LogP contribution in [0.15, 0.2) is 71.7 Å². The van der Waals surface area contributed by atoms with Crippen LogP contribution in [0.1, 0.15) is 80.2 Å². The van der Waals surface area contributed by atoms with Gasteiger partial charge >= 0.3 is 6.18 Å². The Morgan fingerprint density at radius 3 is 2.45 bits per heavy atom. The number of hydrogen-bond acceptors (Lipinski definition) is 5. The minimum atomic E-state index is -5.06. The summed E-state index contributed by atoms with van der Waals surface area (Å²) >= 11 is 0. The van der Waals surface area contributed by atoms with Gasteiger partial charge in [-0.15, -0.1) is 0 Å². The minimum absolute atomic E-state index is 0.0162. The zero-order valence-corrected chi connectivity index (χ0v) is 28.3. The predicted molar refractivity (Wildman–Crippen MR) is 181 cm³/mol. The van der Waals surface area contributed by atoms with Crippen LogP contribution in [0.4, 0.5) is 30.7 Å². The summed E-state index contributed by atoms with van der Waals surface area (Å²) in [7, 11) is 0. The fourth-order valence-corrected chi connectivity index (χ4v) is 7.57. The van der Waals surface area contributed by atoms with Crippen LogP contribution < -0.4 is 16.2 Å². The van der Waals surface area contributed by atoms with Gasteiger partial charge in [0.15, 0.2) is 5.69 Å². The van der Waals surface area contributed by atoms with Crippen LogP contribution in [0.25, 0.3) is 11.1 Å². The van der Waals surface area contributed by atoms with Gasteiger partial charge in [-0.25, -0.2) is 13.8 Å². The van der Waals surface area contributed by atoms with Crippen LogP contribution in [0.5, 0.6) is 0 Å². The van der Waals surface area contributed by atoms with Crippen molar-refractivity contribution in [1.82, 2.24) is 30.4 Å². The molecule has 2 aliphatic carbocycles. The number of amides is 2. The molecule has 4 heterocycles. The number of carbonyl (C=O) groups is 2. The lowest BCUT2D eigenvalue weighted by Crippen LogP contribution is -2.36. The smallest absolute Gasteiger partial charge is 0.348 e. The van der Waals surface area contributed by atoms with Gasteiger partial charge in [-0.2, -0.15) is 27.1 Å². The van der Waals surface area contributed by atoms with Crippen molar-refractivity contribution in [3.05, 3.63) is 139 Å². The standard InChI is InChI=1S/C39H27F7N6O3/c40-23-11-20(12-24(41)15-23)13-30(50-32(54)18-52-36-33(35(51-52)39(44,45)46)27-8-9-29(27)38(36,42)43)34-26(21-3-4-22-17-48-37(55)28(22)14-21)7-6-25(49-34)5-1-19-2-10-31(53)47-16-19/h2-4,6-7,10-12,14-16,27,29-30H,8-9,13,17-18H2,(H,47,53)(H,48,55)(H,50,54)/t27-,29+,30-/m0/s1. The molecule has 3 N–H and O–H groups in total. The van der Waals surface area contributed by atoms with E-state index in [1.165, 1.54) is 18.3 Å². The number of rotatable bonds is 7. The van der Waals surface area contributed by atoms with E-state index in [9.17, 15) is 36.3 Å². The SMILES string of the molecule is O=C(Cn1nc(C(F)(F)F)c2c1C(F)(F)[C@@H]1CC[C@H]21)N[C@@H](Cc1cc(F)cc(F)c1)c1nc(C#Cc2ccc(=O)[nH]c2)ccc1-c1ccc2c(c1)C(=O)NC2. The molecule has 9 nitrogen and oxygen atoms in total. The Morgan fingerprint density at radius 1 is 0.982 bits per heavy atom. The highest BCUT2D eigenvalue weighted by molar-refractivity contribution is 5.99. The quantitative estimate of drug-likeness (QED) is 0.133. The first-order chi connectivity index (χ1) is 26.2. The summed E-state index contributed by atoms with van der Waals surface area (Å²) in [6, 6.07) is 12.3. The molecular weight excluding hydrogens is 733 g/mol. The van der Waals surface area contributed by atoms with Crippen LogP contribution in [0.2, 0.25) is 0 Å². The Morgan fingerprint density at radius 2 is 1.76 bits per heavy atom. The number of aromatic nitrogens is 4. The molecule has 2 aromatic carbocycles. The van der Waals surface area contributed by atoms with Crippen molar-refractivity contribution >= 4 is 11.8 Å². The minimum Gasteiger partial charge on any atom is -0.348 e. The van der Waals surface area contributed by atoms with E-state index in [1.54, 1.807) is 30.3 Å². The molecule has 0 saturated heterocycles. The van der Waals surface area contributed by atoms with E-state index in [0.29, 0.717) is 39.5 Å². The van der Waals surface area contributed by atoms with E-state index in [0.717, 1.165) is 17.7 Å². The molecular formula is C39H27F7N6O3. The summed E-state index contributed by atoms with van der Waals surface area (Å²) in [6.07, 6.45) is -3.86. The normalized spacial score (nSPS) is 18.3. The summed E-state index contributed by atoms with van der Waals surface area (Å²) in [5, 5.41) is 8.86. The van der Waals surface area contributed by atoms with E-state index in [1.807, 2.05) is 0 Å². The molecule has 8 rings (SSSR count). The zero-order chi connectivity index (χ0) is 38.8. The molecule has 5 aromatic rings. The number of nitrogens with zero attached hydrogens (tertiary/aromatic N) is 3. The number of nitrogens with one attached hydrogen (secondary N) is 3. The summed E-state index contributed by atoms with van der Waals surface area (Å²) < 4.78 is 103. The lowest BCUT2D eigenvalue weighted by atomic mass is 9.73. The van der Waals surface area contributed by atoms with Crippen LogP contribution in [0, 0.1) is 29.4 Å². The number of fused-ring (bicyclic) bond motifs is 4. The lowest BCUT2D eigenvalue weighted by molar-refractivity contribution is -0.144. The Kier molecular flexibility index (Phi) is 8.62. The van der Waals surface area contributed by atoms with Gasteiger partial charge in [0.1, 0.15) is 29.6 Å². The number of H-pyrrole nitrogens is 1. The van der Waals surface area contributed by atoms with Crippen molar-refractivity contribution in [3.8, 4) is 23.0 Å². The van der Waals surface area contributed by atoms with Crippen LogP contribution >= 0.6 is 0 Å². The molecule has 1 aliphatic heterocycles. The van der Waals surface area contributed by atoms with Crippen molar-refractivity contribution in [2.45, 2.75) is 56.4 Å². The summed E-state index contributed by atoms with van der Waals surface area (Å²) in [5.74, 6) is -3.56. The summed E-state index contributed by atoms with van der Waals surface area (Å²) in [6.45, 7) is -0.738. The first kappa shape index (κ1) is 35.8. The number of alkyl halides is 5. The molecule has 16 heteroatoms. The predicted octanol–water partition coefficient (Wildman–Crippen LogP) is 6.27. The third-order valence-corrected chi connectivity index (χ3v) is 10.2. The molecule has 0 radical (unpaired) electrons. The number of hydrogen-bond donors (Lipinski definition) is 3.